The van der Waals surface area contributed by atoms with E-state index in [9.17, 15) is 9.59 Å². The van der Waals surface area contributed by atoms with Gasteiger partial charge in [0.25, 0.3) is 0 Å². The molecule has 8 nitrogen and oxygen atoms in total. The topological polar surface area (TPSA) is 88.8 Å². The van der Waals surface area contributed by atoms with Crippen molar-refractivity contribution in [2.24, 2.45) is 11.8 Å². The standard InChI is InChI=1S/C19H21N5O3/c1-2-7-23-11-19-5-4-13(27-19)14(15(19)18(23)26)17(25)21-9-12-10-22-24-8-3-6-20-16(12)24/h3-6,8,10,13-15H,2,7,9,11H2,1H3,(H,21,25)/t13-,14-,15+,19-/m1/s1. The molecule has 0 unspecified atom stereocenters. The largest absolute Gasteiger partial charge is 0.360 e. The van der Waals surface area contributed by atoms with Crippen molar-refractivity contribution in [1.29, 1.82) is 0 Å². The lowest BCUT2D eigenvalue weighted by atomic mass is 9.77. The van der Waals surface area contributed by atoms with E-state index in [-0.39, 0.29) is 17.9 Å². The van der Waals surface area contributed by atoms with Gasteiger partial charge < -0.3 is 15.0 Å². The number of nitrogens with zero attached hydrogens (tertiary/aromatic N) is 4. The molecule has 2 aromatic heterocycles. The lowest BCUT2D eigenvalue weighted by Gasteiger charge is -2.23. The van der Waals surface area contributed by atoms with Crippen molar-refractivity contribution in [1.82, 2.24) is 24.8 Å². The molecule has 0 aromatic carbocycles. The fourth-order valence-electron chi connectivity index (χ4n) is 4.64. The van der Waals surface area contributed by atoms with Crippen LogP contribution in [0.1, 0.15) is 18.9 Å². The highest BCUT2D eigenvalue weighted by Gasteiger charge is 2.66. The van der Waals surface area contributed by atoms with E-state index in [1.54, 1.807) is 23.0 Å². The smallest absolute Gasteiger partial charge is 0.230 e. The Morgan fingerprint density at radius 3 is 3.22 bits per heavy atom. The molecule has 1 spiro atoms. The summed E-state index contributed by atoms with van der Waals surface area (Å²) in [7, 11) is 0. The second-order valence-electron chi connectivity index (χ2n) is 7.44. The third-order valence-electron chi connectivity index (χ3n) is 5.78. The molecule has 140 valence electrons. The first kappa shape index (κ1) is 16.4. The summed E-state index contributed by atoms with van der Waals surface area (Å²) in [5, 5.41) is 7.20. The normalized spacial score (nSPS) is 31.1. The van der Waals surface area contributed by atoms with Gasteiger partial charge >= 0.3 is 0 Å². The van der Waals surface area contributed by atoms with Crippen LogP contribution in [0.15, 0.2) is 36.8 Å². The highest BCUT2D eigenvalue weighted by molar-refractivity contribution is 5.93. The third-order valence-corrected chi connectivity index (χ3v) is 5.78. The van der Waals surface area contributed by atoms with Gasteiger partial charge in [-0.25, -0.2) is 9.50 Å². The molecule has 2 saturated heterocycles. The number of carbonyl (C=O) groups excluding carboxylic acids is 2. The third kappa shape index (κ3) is 2.32. The van der Waals surface area contributed by atoms with Crippen LogP contribution in [-0.2, 0) is 20.9 Å². The number of fused-ring (bicyclic) bond motifs is 2. The number of hydrogen-bond donors (Lipinski definition) is 1. The molecular weight excluding hydrogens is 346 g/mol. The predicted octanol–water partition coefficient (Wildman–Crippen LogP) is 0.537. The van der Waals surface area contributed by atoms with Crippen molar-refractivity contribution < 1.29 is 14.3 Å². The van der Waals surface area contributed by atoms with E-state index >= 15 is 0 Å². The van der Waals surface area contributed by atoms with Crippen LogP contribution in [0.3, 0.4) is 0 Å². The van der Waals surface area contributed by atoms with Gasteiger partial charge in [0.15, 0.2) is 5.65 Å². The Bertz CT molecular complexity index is 954. The number of rotatable bonds is 5. The molecule has 2 aromatic rings. The molecule has 0 aliphatic carbocycles. The Balaban J connectivity index is 1.35. The maximum Gasteiger partial charge on any atom is 0.230 e. The molecule has 2 amide bonds. The van der Waals surface area contributed by atoms with Crippen molar-refractivity contribution in [3.8, 4) is 0 Å². The van der Waals surface area contributed by atoms with E-state index in [0.717, 1.165) is 12.0 Å². The summed E-state index contributed by atoms with van der Waals surface area (Å²) in [6.07, 6.45) is 9.68. The maximum absolute atomic E-state index is 13.0. The molecule has 4 atom stereocenters. The molecule has 2 fully saturated rings. The number of carbonyl (C=O) groups is 2. The van der Waals surface area contributed by atoms with Gasteiger partial charge in [-0.15, -0.1) is 0 Å². The molecule has 3 aliphatic rings. The Kier molecular flexibility index (Phi) is 3.58. The quantitative estimate of drug-likeness (QED) is 0.779. The molecular formula is C19H21N5O3. The average Bonchev–Trinajstić information content (AvgIpc) is 3.40. The molecule has 0 saturated carbocycles. The number of hydrogen-bond acceptors (Lipinski definition) is 5. The summed E-state index contributed by atoms with van der Waals surface area (Å²) in [4.78, 5) is 32.0. The highest BCUT2D eigenvalue weighted by Crippen LogP contribution is 2.51. The number of amides is 2. The number of nitrogens with one attached hydrogen (secondary N) is 1. The fourth-order valence-corrected chi connectivity index (χ4v) is 4.64. The number of aromatic nitrogens is 3. The SMILES string of the molecule is CCCN1C[C@@]23C=C[C@@H](O2)[C@@H](C(=O)NCc2cnn4cccnc24)[C@H]3C1=O. The molecule has 2 bridgehead atoms. The van der Waals surface area contributed by atoms with Crippen LogP contribution in [-0.4, -0.2) is 56.1 Å². The van der Waals surface area contributed by atoms with Crippen LogP contribution in [0.4, 0.5) is 0 Å². The first-order chi connectivity index (χ1) is 13.1. The zero-order chi connectivity index (χ0) is 18.6. The van der Waals surface area contributed by atoms with Crippen molar-refractivity contribution in [3.05, 3.63) is 42.4 Å². The van der Waals surface area contributed by atoms with Gasteiger partial charge in [-0.2, -0.15) is 5.10 Å². The van der Waals surface area contributed by atoms with E-state index in [4.69, 9.17) is 4.74 Å². The predicted molar refractivity (Wildman–Crippen MR) is 95.4 cm³/mol. The lowest BCUT2D eigenvalue weighted by Crippen LogP contribution is -2.44. The average molecular weight is 367 g/mol. The van der Waals surface area contributed by atoms with Gasteiger partial charge in [0.2, 0.25) is 11.8 Å². The second-order valence-corrected chi connectivity index (χ2v) is 7.44. The molecule has 8 heteroatoms. The van der Waals surface area contributed by atoms with Gasteiger partial charge in [0, 0.05) is 31.0 Å². The van der Waals surface area contributed by atoms with Crippen molar-refractivity contribution in [2.45, 2.75) is 31.6 Å². The monoisotopic (exact) mass is 367 g/mol. The second kappa shape index (κ2) is 5.88. The minimum Gasteiger partial charge on any atom is -0.360 e. The molecule has 5 rings (SSSR count). The molecule has 0 radical (unpaired) electrons. The van der Waals surface area contributed by atoms with Crippen molar-refractivity contribution in [2.75, 3.05) is 13.1 Å². The molecule has 3 aliphatic heterocycles. The van der Waals surface area contributed by atoms with E-state index in [0.29, 0.717) is 25.3 Å². The minimum absolute atomic E-state index is 0.0292. The van der Waals surface area contributed by atoms with Gasteiger partial charge in [0.1, 0.15) is 5.60 Å². The van der Waals surface area contributed by atoms with Gasteiger partial charge in [-0.1, -0.05) is 19.1 Å². The Hall–Kier alpha value is -2.74. The van der Waals surface area contributed by atoms with E-state index in [1.807, 2.05) is 30.2 Å². The Morgan fingerprint density at radius 1 is 1.48 bits per heavy atom. The summed E-state index contributed by atoms with van der Waals surface area (Å²) in [5.74, 6) is -1.04. The van der Waals surface area contributed by atoms with Crippen LogP contribution in [0.5, 0.6) is 0 Å². The Morgan fingerprint density at radius 2 is 2.37 bits per heavy atom. The highest BCUT2D eigenvalue weighted by atomic mass is 16.5. The van der Waals surface area contributed by atoms with Crippen LogP contribution < -0.4 is 5.32 Å². The molecule has 27 heavy (non-hydrogen) atoms. The van der Waals surface area contributed by atoms with Crippen LogP contribution >= 0.6 is 0 Å². The van der Waals surface area contributed by atoms with E-state index in [1.165, 1.54) is 0 Å². The Labute approximate surface area is 156 Å². The first-order valence-electron chi connectivity index (χ1n) is 9.34. The molecule has 1 N–H and O–H groups in total. The van der Waals surface area contributed by atoms with Crippen LogP contribution in [0, 0.1) is 11.8 Å². The van der Waals surface area contributed by atoms with Crippen molar-refractivity contribution in [3.63, 3.8) is 0 Å². The van der Waals surface area contributed by atoms with Crippen LogP contribution in [0.2, 0.25) is 0 Å². The fraction of sp³-hybridized carbons (Fsp3) is 0.474. The van der Waals surface area contributed by atoms with Gasteiger partial charge in [-0.05, 0) is 12.5 Å². The summed E-state index contributed by atoms with van der Waals surface area (Å²) in [5.41, 5.74) is 0.915. The van der Waals surface area contributed by atoms with E-state index < -0.39 is 17.4 Å². The summed E-state index contributed by atoms with van der Waals surface area (Å²) in [6.45, 7) is 3.60. The summed E-state index contributed by atoms with van der Waals surface area (Å²) >= 11 is 0. The van der Waals surface area contributed by atoms with Crippen LogP contribution in [0.25, 0.3) is 5.65 Å². The lowest BCUT2D eigenvalue weighted by molar-refractivity contribution is -0.137. The maximum atomic E-state index is 13.0. The zero-order valence-electron chi connectivity index (χ0n) is 15.0. The van der Waals surface area contributed by atoms with Crippen molar-refractivity contribution >= 4 is 17.5 Å². The van der Waals surface area contributed by atoms with Gasteiger partial charge in [0.05, 0.1) is 30.7 Å². The molecule has 5 heterocycles. The number of likely N-dealkylation sites (tertiary alicyclic amines) is 1. The summed E-state index contributed by atoms with van der Waals surface area (Å²) < 4.78 is 7.78. The first-order valence-corrected chi connectivity index (χ1v) is 9.34. The van der Waals surface area contributed by atoms with E-state index in [2.05, 4.69) is 15.4 Å². The zero-order valence-corrected chi connectivity index (χ0v) is 15.0. The minimum atomic E-state index is -0.634. The van der Waals surface area contributed by atoms with Gasteiger partial charge in [-0.3, -0.25) is 9.59 Å². The number of ether oxygens (including phenoxy) is 1. The summed E-state index contributed by atoms with van der Waals surface area (Å²) in [6, 6.07) is 1.80.